The minimum absolute atomic E-state index is 0.0171. The predicted octanol–water partition coefficient (Wildman–Crippen LogP) is 2.18. The number of carbonyl (C=O) groups excluding carboxylic acids is 2. The maximum Gasteiger partial charge on any atom is 0.273 e. The predicted molar refractivity (Wildman–Crippen MR) is 80.1 cm³/mol. The van der Waals surface area contributed by atoms with Crippen LogP contribution in [0.25, 0.3) is 0 Å². The van der Waals surface area contributed by atoms with Gasteiger partial charge >= 0.3 is 0 Å². The fraction of sp³-hybridized carbons (Fsp3) is 0.643. The lowest BCUT2D eigenvalue weighted by molar-refractivity contribution is -0.133. The van der Waals surface area contributed by atoms with Crippen LogP contribution in [0.15, 0.2) is 10.7 Å². The number of nitrogens with zero attached hydrogens (tertiary/aromatic N) is 2. The van der Waals surface area contributed by atoms with Crippen molar-refractivity contribution >= 4 is 23.4 Å². The van der Waals surface area contributed by atoms with Gasteiger partial charge in [0.05, 0.1) is 6.54 Å². The van der Waals surface area contributed by atoms with Gasteiger partial charge in [0.15, 0.2) is 5.69 Å². The molecule has 0 aliphatic rings. The van der Waals surface area contributed by atoms with Gasteiger partial charge in [0.1, 0.15) is 11.6 Å². The molecule has 6 nitrogen and oxygen atoms in total. The second kappa shape index (κ2) is 7.45. The lowest BCUT2D eigenvalue weighted by Crippen LogP contribution is -2.40. The topological polar surface area (TPSA) is 75.4 Å². The number of alkyl halides is 1. The summed E-state index contributed by atoms with van der Waals surface area (Å²) in [4.78, 5) is 29.5. The van der Waals surface area contributed by atoms with E-state index < -0.39 is 5.38 Å². The molecule has 1 atom stereocenters. The molecule has 0 aliphatic heterocycles. The third kappa shape index (κ3) is 5.04. The van der Waals surface area contributed by atoms with Gasteiger partial charge in [-0.3, -0.25) is 9.59 Å². The van der Waals surface area contributed by atoms with Crippen LogP contribution in [-0.2, 0) is 11.3 Å². The number of nitrogens with one attached hydrogen (secondary N) is 1. The molecule has 0 unspecified atom stereocenters. The van der Waals surface area contributed by atoms with Crippen molar-refractivity contribution < 1.29 is 14.0 Å². The van der Waals surface area contributed by atoms with Crippen molar-refractivity contribution in [3.05, 3.63) is 17.8 Å². The first kappa shape index (κ1) is 17.5. The molecule has 21 heavy (non-hydrogen) atoms. The average Bonchev–Trinajstić information content (AvgIpc) is 2.82. The van der Waals surface area contributed by atoms with Crippen molar-refractivity contribution in [1.29, 1.82) is 0 Å². The van der Waals surface area contributed by atoms with Crippen LogP contribution in [0, 0.1) is 0 Å². The van der Waals surface area contributed by atoms with Crippen molar-refractivity contribution in [3.63, 3.8) is 0 Å². The van der Waals surface area contributed by atoms with Crippen LogP contribution in [0.3, 0.4) is 0 Å². The first-order chi connectivity index (χ1) is 9.72. The molecule has 0 aliphatic carbocycles. The van der Waals surface area contributed by atoms with Crippen LogP contribution in [0.1, 0.15) is 51.0 Å². The van der Waals surface area contributed by atoms with Gasteiger partial charge in [-0.25, -0.2) is 4.98 Å². The molecule has 118 valence electrons. The Kier molecular flexibility index (Phi) is 6.20. The van der Waals surface area contributed by atoms with Crippen LogP contribution < -0.4 is 5.32 Å². The number of aromatic nitrogens is 1. The summed E-state index contributed by atoms with van der Waals surface area (Å²) >= 11 is 5.84. The first-order valence-corrected chi connectivity index (χ1v) is 7.35. The number of hydrogen-bond acceptors (Lipinski definition) is 4. The van der Waals surface area contributed by atoms with Crippen molar-refractivity contribution in [1.82, 2.24) is 15.2 Å². The number of oxazole rings is 1. The molecular formula is C14H22ClN3O3. The molecule has 1 aromatic rings. The normalized spacial score (nSPS) is 12.6. The Labute approximate surface area is 129 Å². The minimum Gasteiger partial charge on any atom is -0.446 e. The monoisotopic (exact) mass is 315 g/mol. The number of halogens is 1. The van der Waals surface area contributed by atoms with Gasteiger partial charge in [-0.2, -0.15) is 0 Å². The number of hydrogen-bond donors (Lipinski definition) is 1. The standard InChI is InChI=1S/C14H22ClN3O3/c1-8(2)16-13(19)11-7-21-12(17-11)6-18(9(3)4)14(20)10(5)15/h7-10H,6H2,1-5H3,(H,16,19)/t10-/m1/s1. The first-order valence-electron chi connectivity index (χ1n) is 6.92. The van der Waals surface area contributed by atoms with Crippen molar-refractivity contribution in [3.8, 4) is 0 Å². The third-order valence-corrected chi connectivity index (χ3v) is 2.94. The molecule has 0 fully saturated rings. The van der Waals surface area contributed by atoms with Crippen LogP contribution in [0.5, 0.6) is 0 Å². The van der Waals surface area contributed by atoms with E-state index in [1.165, 1.54) is 6.26 Å². The highest BCUT2D eigenvalue weighted by atomic mass is 35.5. The summed E-state index contributed by atoms with van der Waals surface area (Å²) in [5.74, 6) is -0.186. The molecule has 1 aromatic heterocycles. The van der Waals surface area contributed by atoms with E-state index >= 15 is 0 Å². The van der Waals surface area contributed by atoms with E-state index in [-0.39, 0.29) is 36.1 Å². The Bertz CT molecular complexity index is 497. The van der Waals surface area contributed by atoms with E-state index in [0.717, 1.165) is 0 Å². The Morgan fingerprint density at radius 1 is 1.33 bits per heavy atom. The molecule has 0 aromatic carbocycles. The van der Waals surface area contributed by atoms with Crippen molar-refractivity contribution in [2.45, 2.75) is 58.6 Å². The molecule has 2 amide bonds. The Hall–Kier alpha value is -1.56. The summed E-state index contributed by atoms with van der Waals surface area (Å²) in [5, 5.41) is 2.11. The lowest BCUT2D eigenvalue weighted by Gasteiger charge is -2.26. The van der Waals surface area contributed by atoms with Gasteiger partial charge in [0.25, 0.3) is 5.91 Å². The van der Waals surface area contributed by atoms with Crippen LogP contribution in [0.2, 0.25) is 0 Å². The van der Waals surface area contributed by atoms with Crippen molar-refractivity contribution in [2.24, 2.45) is 0 Å². The maximum atomic E-state index is 12.0. The fourth-order valence-electron chi connectivity index (χ4n) is 1.71. The summed E-state index contributed by atoms with van der Waals surface area (Å²) < 4.78 is 5.27. The fourth-order valence-corrected chi connectivity index (χ4v) is 1.84. The molecular weight excluding hydrogens is 294 g/mol. The average molecular weight is 316 g/mol. The third-order valence-electron chi connectivity index (χ3n) is 2.76. The van der Waals surface area contributed by atoms with Crippen molar-refractivity contribution in [2.75, 3.05) is 0 Å². The number of rotatable bonds is 6. The zero-order chi connectivity index (χ0) is 16.2. The zero-order valence-corrected chi connectivity index (χ0v) is 13.8. The summed E-state index contributed by atoms with van der Waals surface area (Å²) in [7, 11) is 0. The number of carbonyl (C=O) groups is 2. The molecule has 0 radical (unpaired) electrons. The van der Waals surface area contributed by atoms with Gasteiger partial charge in [-0.05, 0) is 34.6 Å². The summed E-state index contributed by atoms with van der Waals surface area (Å²) in [5.41, 5.74) is 0.203. The van der Waals surface area contributed by atoms with Gasteiger partial charge < -0.3 is 14.6 Å². The molecule has 1 N–H and O–H groups in total. The van der Waals surface area contributed by atoms with Crippen LogP contribution in [0.4, 0.5) is 0 Å². The summed E-state index contributed by atoms with van der Waals surface area (Å²) in [6, 6.07) is -0.0259. The summed E-state index contributed by atoms with van der Waals surface area (Å²) in [6.07, 6.45) is 1.29. The maximum absolute atomic E-state index is 12.0. The van der Waals surface area contributed by atoms with E-state index in [1.54, 1.807) is 11.8 Å². The van der Waals surface area contributed by atoms with Gasteiger partial charge in [-0.15, -0.1) is 11.6 Å². The smallest absolute Gasteiger partial charge is 0.273 e. The van der Waals surface area contributed by atoms with E-state index in [0.29, 0.717) is 5.89 Å². The Balaban J connectivity index is 2.80. The molecule has 0 saturated heterocycles. The Morgan fingerprint density at radius 2 is 1.95 bits per heavy atom. The molecule has 1 heterocycles. The molecule has 0 spiro atoms. The molecule has 1 rings (SSSR count). The second-order valence-corrected chi connectivity index (χ2v) is 6.09. The molecule has 0 saturated carbocycles. The Morgan fingerprint density at radius 3 is 2.43 bits per heavy atom. The van der Waals surface area contributed by atoms with Gasteiger partial charge in [0.2, 0.25) is 11.8 Å². The van der Waals surface area contributed by atoms with E-state index in [2.05, 4.69) is 10.3 Å². The van der Waals surface area contributed by atoms with Gasteiger partial charge in [0, 0.05) is 12.1 Å². The second-order valence-electron chi connectivity index (χ2n) is 5.43. The summed E-state index contributed by atoms with van der Waals surface area (Å²) in [6.45, 7) is 9.29. The van der Waals surface area contributed by atoms with Crippen LogP contribution in [-0.4, -0.2) is 39.2 Å². The lowest BCUT2D eigenvalue weighted by atomic mass is 10.2. The largest absolute Gasteiger partial charge is 0.446 e. The van der Waals surface area contributed by atoms with E-state index in [9.17, 15) is 9.59 Å². The quantitative estimate of drug-likeness (QED) is 0.816. The molecule has 0 bridgehead atoms. The van der Waals surface area contributed by atoms with Crippen LogP contribution >= 0.6 is 11.6 Å². The minimum atomic E-state index is -0.619. The van der Waals surface area contributed by atoms with E-state index in [1.807, 2.05) is 27.7 Å². The SMILES string of the molecule is CC(C)NC(=O)c1coc(CN(C(=O)[C@@H](C)Cl)C(C)C)n1. The highest BCUT2D eigenvalue weighted by molar-refractivity contribution is 6.30. The highest BCUT2D eigenvalue weighted by Gasteiger charge is 2.24. The number of amides is 2. The molecule has 7 heteroatoms. The zero-order valence-electron chi connectivity index (χ0n) is 13.0. The van der Waals surface area contributed by atoms with E-state index in [4.69, 9.17) is 16.0 Å². The highest BCUT2D eigenvalue weighted by Crippen LogP contribution is 2.12. The van der Waals surface area contributed by atoms with Gasteiger partial charge in [-0.1, -0.05) is 0 Å².